The molecule has 0 fully saturated rings. The van der Waals surface area contributed by atoms with Gasteiger partial charge in [-0.2, -0.15) is 0 Å². The van der Waals surface area contributed by atoms with Crippen LogP contribution in [-0.2, 0) is 9.53 Å². The van der Waals surface area contributed by atoms with Crippen LogP contribution < -0.4 is 0 Å². The molecule has 0 aliphatic rings. The summed E-state index contributed by atoms with van der Waals surface area (Å²) in [5.74, 6) is 0.343. The minimum absolute atomic E-state index is 0.0774. The van der Waals surface area contributed by atoms with E-state index < -0.39 is 0 Å². The molecule has 0 saturated carbocycles. The molecule has 0 amide bonds. The van der Waals surface area contributed by atoms with E-state index in [9.17, 15) is 4.79 Å². The Kier molecular flexibility index (Phi) is 4.32. The summed E-state index contributed by atoms with van der Waals surface area (Å²) in [6.45, 7) is 14.3. The van der Waals surface area contributed by atoms with Gasteiger partial charge in [0.25, 0.3) is 0 Å². The van der Waals surface area contributed by atoms with Gasteiger partial charge in [0.05, 0.1) is 12.2 Å². The van der Waals surface area contributed by atoms with Gasteiger partial charge in [0, 0.05) is 11.3 Å². The Bertz CT molecular complexity index is 197. The molecule has 0 saturated heterocycles. The lowest BCUT2D eigenvalue weighted by molar-refractivity contribution is -0.136. The fraction of sp³-hybridized carbons (Fsp3) is 0.917. The number of Topliss-reactive ketones (excluding diaryl/α,β-unsaturated/α-hetero) is 1. The SMILES string of the molecule is CC(C)C(=O)C(C)(C)COC(C)(C)C. The fourth-order valence-corrected chi connectivity index (χ4v) is 1.25. The molecule has 2 nitrogen and oxygen atoms in total. The van der Waals surface area contributed by atoms with Crippen LogP contribution in [-0.4, -0.2) is 18.0 Å². The number of ether oxygens (including phenoxy) is 1. The molecule has 0 spiro atoms. The Hall–Kier alpha value is -0.370. The highest BCUT2D eigenvalue weighted by Crippen LogP contribution is 2.24. The highest BCUT2D eigenvalue weighted by atomic mass is 16.5. The van der Waals surface area contributed by atoms with Crippen LogP contribution in [0.1, 0.15) is 48.5 Å². The van der Waals surface area contributed by atoms with Crippen molar-refractivity contribution in [3.8, 4) is 0 Å². The monoisotopic (exact) mass is 200 g/mol. The molecule has 0 bridgehead atoms. The Morgan fingerprint density at radius 2 is 1.57 bits per heavy atom. The van der Waals surface area contributed by atoms with Gasteiger partial charge in [0.2, 0.25) is 0 Å². The third-order valence-electron chi connectivity index (χ3n) is 2.06. The predicted molar refractivity (Wildman–Crippen MR) is 59.3 cm³/mol. The molecular formula is C12H24O2. The summed E-state index contributed by atoms with van der Waals surface area (Å²) in [6, 6.07) is 0. The topological polar surface area (TPSA) is 26.3 Å². The molecule has 2 heteroatoms. The van der Waals surface area contributed by atoms with Gasteiger partial charge in [-0.15, -0.1) is 0 Å². The van der Waals surface area contributed by atoms with Crippen LogP contribution in [0.2, 0.25) is 0 Å². The van der Waals surface area contributed by atoms with E-state index in [4.69, 9.17) is 4.74 Å². The molecule has 0 N–H and O–H groups in total. The zero-order chi connectivity index (χ0) is 11.6. The zero-order valence-electron chi connectivity index (χ0n) is 10.6. The summed E-state index contributed by atoms with van der Waals surface area (Å²) in [5.41, 5.74) is -0.546. The maximum Gasteiger partial charge on any atom is 0.143 e. The number of carbonyl (C=O) groups excluding carboxylic acids is 1. The van der Waals surface area contributed by atoms with Crippen LogP contribution in [0, 0.1) is 11.3 Å². The van der Waals surface area contributed by atoms with E-state index in [0.717, 1.165) is 0 Å². The second-order valence-electron chi connectivity index (χ2n) is 5.80. The Morgan fingerprint density at radius 1 is 1.14 bits per heavy atom. The van der Waals surface area contributed by atoms with Crippen molar-refractivity contribution < 1.29 is 9.53 Å². The molecule has 0 atom stereocenters. The summed E-state index contributed by atoms with van der Waals surface area (Å²) in [6.07, 6.45) is 0. The zero-order valence-corrected chi connectivity index (χ0v) is 10.6. The first-order valence-electron chi connectivity index (χ1n) is 5.24. The van der Waals surface area contributed by atoms with E-state index in [-0.39, 0.29) is 22.7 Å². The average Bonchev–Trinajstić information content (AvgIpc) is 1.98. The van der Waals surface area contributed by atoms with Crippen LogP contribution in [0.5, 0.6) is 0 Å². The Balaban J connectivity index is 4.28. The number of carbonyl (C=O) groups is 1. The first kappa shape index (κ1) is 13.6. The highest BCUT2D eigenvalue weighted by molar-refractivity contribution is 5.85. The van der Waals surface area contributed by atoms with E-state index in [0.29, 0.717) is 6.61 Å². The number of hydrogen-bond acceptors (Lipinski definition) is 2. The minimum atomic E-state index is -0.374. The van der Waals surface area contributed by atoms with Crippen molar-refractivity contribution in [2.24, 2.45) is 11.3 Å². The number of rotatable bonds is 4. The van der Waals surface area contributed by atoms with Crippen molar-refractivity contribution in [3.05, 3.63) is 0 Å². The van der Waals surface area contributed by atoms with Gasteiger partial charge in [-0.05, 0) is 20.8 Å². The number of ketones is 1. The van der Waals surface area contributed by atoms with E-state index in [2.05, 4.69) is 0 Å². The minimum Gasteiger partial charge on any atom is -0.375 e. The maximum atomic E-state index is 11.8. The molecule has 0 unspecified atom stereocenters. The van der Waals surface area contributed by atoms with Crippen molar-refractivity contribution >= 4 is 5.78 Å². The van der Waals surface area contributed by atoms with Gasteiger partial charge >= 0.3 is 0 Å². The lowest BCUT2D eigenvalue weighted by atomic mass is 9.83. The van der Waals surface area contributed by atoms with Crippen LogP contribution in [0.15, 0.2) is 0 Å². The van der Waals surface area contributed by atoms with E-state index in [1.54, 1.807) is 0 Å². The Labute approximate surface area is 88.0 Å². The lowest BCUT2D eigenvalue weighted by Crippen LogP contribution is -2.36. The Morgan fingerprint density at radius 3 is 1.86 bits per heavy atom. The van der Waals surface area contributed by atoms with Gasteiger partial charge in [-0.3, -0.25) is 4.79 Å². The van der Waals surface area contributed by atoms with Gasteiger partial charge in [0.15, 0.2) is 0 Å². The van der Waals surface area contributed by atoms with E-state index >= 15 is 0 Å². The standard InChI is InChI=1S/C12H24O2/c1-9(2)10(13)12(6,7)8-14-11(3,4)5/h9H,8H2,1-7H3. The van der Waals surface area contributed by atoms with Crippen LogP contribution in [0.4, 0.5) is 0 Å². The molecule has 0 radical (unpaired) electrons. The summed E-state index contributed by atoms with van der Waals surface area (Å²) >= 11 is 0. The van der Waals surface area contributed by atoms with Crippen molar-refractivity contribution in [2.75, 3.05) is 6.61 Å². The molecule has 0 aliphatic carbocycles. The van der Waals surface area contributed by atoms with Crippen molar-refractivity contribution in [3.63, 3.8) is 0 Å². The molecule has 0 aliphatic heterocycles. The summed E-state index contributed by atoms with van der Waals surface area (Å²) < 4.78 is 5.64. The quantitative estimate of drug-likeness (QED) is 0.697. The smallest absolute Gasteiger partial charge is 0.143 e. The molecule has 0 heterocycles. The van der Waals surface area contributed by atoms with Crippen LogP contribution in [0.25, 0.3) is 0 Å². The maximum absolute atomic E-state index is 11.8. The highest BCUT2D eigenvalue weighted by Gasteiger charge is 2.31. The summed E-state index contributed by atoms with van der Waals surface area (Å²) in [5, 5.41) is 0. The van der Waals surface area contributed by atoms with Crippen LogP contribution in [0.3, 0.4) is 0 Å². The average molecular weight is 200 g/mol. The fourth-order valence-electron chi connectivity index (χ4n) is 1.25. The predicted octanol–water partition coefficient (Wildman–Crippen LogP) is 3.05. The van der Waals surface area contributed by atoms with Crippen LogP contribution >= 0.6 is 0 Å². The van der Waals surface area contributed by atoms with Crippen molar-refractivity contribution in [2.45, 2.75) is 54.1 Å². The first-order valence-corrected chi connectivity index (χ1v) is 5.24. The van der Waals surface area contributed by atoms with Gasteiger partial charge in [-0.1, -0.05) is 27.7 Å². The molecule has 14 heavy (non-hydrogen) atoms. The second kappa shape index (κ2) is 4.43. The van der Waals surface area contributed by atoms with E-state index in [1.165, 1.54) is 0 Å². The molecule has 0 rings (SSSR count). The van der Waals surface area contributed by atoms with Crippen molar-refractivity contribution in [1.29, 1.82) is 0 Å². The molecule has 0 aromatic heterocycles. The normalized spacial score (nSPS) is 13.4. The summed E-state index contributed by atoms with van der Waals surface area (Å²) in [7, 11) is 0. The third kappa shape index (κ3) is 4.75. The van der Waals surface area contributed by atoms with Gasteiger partial charge in [0.1, 0.15) is 5.78 Å². The third-order valence-corrected chi connectivity index (χ3v) is 2.06. The molecule has 0 aromatic rings. The first-order chi connectivity index (χ1) is 6.06. The molecule has 84 valence electrons. The van der Waals surface area contributed by atoms with Gasteiger partial charge < -0.3 is 4.74 Å². The molecular weight excluding hydrogens is 176 g/mol. The summed E-state index contributed by atoms with van der Waals surface area (Å²) in [4.78, 5) is 11.8. The number of hydrogen-bond donors (Lipinski definition) is 0. The van der Waals surface area contributed by atoms with Gasteiger partial charge in [-0.25, -0.2) is 0 Å². The second-order valence-corrected chi connectivity index (χ2v) is 5.80. The lowest BCUT2D eigenvalue weighted by Gasteiger charge is -2.29. The largest absolute Gasteiger partial charge is 0.375 e. The molecule has 0 aromatic carbocycles. The van der Waals surface area contributed by atoms with Crippen molar-refractivity contribution in [1.82, 2.24) is 0 Å². The van der Waals surface area contributed by atoms with E-state index in [1.807, 2.05) is 48.5 Å².